The third-order valence-corrected chi connectivity index (χ3v) is 3.90. The second kappa shape index (κ2) is 6.23. The van der Waals surface area contributed by atoms with Gasteiger partial charge in [0, 0.05) is 0 Å². The van der Waals surface area contributed by atoms with Gasteiger partial charge < -0.3 is 4.74 Å². The van der Waals surface area contributed by atoms with Crippen LogP contribution in [-0.2, 0) is 4.74 Å². The van der Waals surface area contributed by atoms with E-state index in [2.05, 4.69) is 4.98 Å². The van der Waals surface area contributed by atoms with E-state index in [1.807, 2.05) is 0 Å². The molecule has 1 aliphatic heterocycles. The van der Waals surface area contributed by atoms with E-state index < -0.39 is 12.0 Å². The molecule has 1 aliphatic rings. The number of ether oxygens (including phenoxy) is 1. The highest BCUT2D eigenvalue weighted by molar-refractivity contribution is 6.21. The molecule has 0 radical (unpaired) electrons. The monoisotopic (exact) mass is 324 g/mol. The van der Waals surface area contributed by atoms with Crippen LogP contribution in [0, 0.1) is 0 Å². The Bertz CT molecular complexity index is 796. The first-order valence-electron chi connectivity index (χ1n) is 7.65. The smallest absolute Gasteiger partial charge is 0.356 e. The van der Waals surface area contributed by atoms with Gasteiger partial charge in [0.15, 0.2) is 0 Å². The summed E-state index contributed by atoms with van der Waals surface area (Å²) in [5.74, 6) is -1.24. The maximum atomic E-state index is 12.5. The molecule has 1 unspecified atom stereocenters. The summed E-state index contributed by atoms with van der Waals surface area (Å²) >= 11 is 0. The standard InChI is InChI=1S/C18H16N2O4/c1-3-24-18(23)15-10-6-9-14(19-15)11(2)20-16(21)12-7-4-5-8-13(12)17(20)22/h4-11H,3H2,1-2H3. The first-order chi connectivity index (χ1) is 11.5. The zero-order valence-electron chi connectivity index (χ0n) is 13.4. The summed E-state index contributed by atoms with van der Waals surface area (Å²) in [6.07, 6.45) is 0. The van der Waals surface area contributed by atoms with E-state index in [1.165, 1.54) is 11.0 Å². The van der Waals surface area contributed by atoms with Crippen LogP contribution in [0.1, 0.15) is 56.8 Å². The summed E-state index contributed by atoms with van der Waals surface area (Å²) in [4.78, 5) is 42.3. The molecule has 1 aromatic carbocycles. The second-order valence-corrected chi connectivity index (χ2v) is 5.37. The lowest BCUT2D eigenvalue weighted by molar-refractivity contribution is 0.0519. The van der Waals surface area contributed by atoms with Gasteiger partial charge >= 0.3 is 5.97 Å². The van der Waals surface area contributed by atoms with Crippen molar-refractivity contribution in [3.8, 4) is 0 Å². The Kier molecular flexibility index (Phi) is 4.12. The molecule has 0 saturated carbocycles. The zero-order valence-corrected chi connectivity index (χ0v) is 13.4. The highest BCUT2D eigenvalue weighted by Gasteiger charge is 2.39. The zero-order chi connectivity index (χ0) is 17.3. The van der Waals surface area contributed by atoms with Crippen molar-refractivity contribution in [2.45, 2.75) is 19.9 Å². The van der Waals surface area contributed by atoms with E-state index >= 15 is 0 Å². The average Bonchev–Trinajstić information content (AvgIpc) is 2.86. The number of hydrogen-bond donors (Lipinski definition) is 0. The van der Waals surface area contributed by atoms with Crippen molar-refractivity contribution >= 4 is 17.8 Å². The van der Waals surface area contributed by atoms with Gasteiger partial charge in [-0.3, -0.25) is 14.5 Å². The van der Waals surface area contributed by atoms with Crippen molar-refractivity contribution in [2.24, 2.45) is 0 Å². The lowest BCUT2D eigenvalue weighted by atomic mass is 10.1. The molecule has 0 spiro atoms. The first-order valence-corrected chi connectivity index (χ1v) is 7.65. The van der Waals surface area contributed by atoms with Gasteiger partial charge in [0.25, 0.3) is 11.8 Å². The van der Waals surface area contributed by atoms with Crippen LogP contribution < -0.4 is 0 Å². The van der Waals surface area contributed by atoms with E-state index in [4.69, 9.17) is 4.74 Å². The number of aromatic nitrogens is 1. The molecule has 0 fully saturated rings. The van der Waals surface area contributed by atoms with Crippen LogP contribution in [0.5, 0.6) is 0 Å². The number of hydrogen-bond acceptors (Lipinski definition) is 5. The van der Waals surface area contributed by atoms with Crippen LogP contribution in [0.2, 0.25) is 0 Å². The SMILES string of the molecule is CCOC(=O)c1cccc(C(C)N2C(=O)c3ccccc3C2=O)n1. The second-order valence-electron chi connectivity index (χ2n) is 5.37. The Balaban J connectivity index is 1.92. The fourth-order valence-corrected chi connectivity index (χ4v) is 2.69. The van der Waals surface area contributed by atoms with Crippen molar-refractivity contribution in [1.82, 2.24) is 9.88 Å². The molecule has 6 heteroatoms. The number of rotatable bonds is 4. The van der Waals surface area contributed by atoms with Crippen molar-refractivity contribution in [3.63, 3.8) is 0 Å². The number of esters is 1. The average molecular weight is 324 g/mol. The Labute approximate surface area is 139 Å². The molecule has 0 saturated heterocycles. The number of pyridine rings is 1. The summed E-state index contributed by atoms with van der Waals surface area (Å²) < 4.78 is 4.93. The van der Waals surface area contributed by atoms with Crippen LogP contribution in [0.3, 0.4) is 0 Å². The van der Waals surface area contributed by atoms with Crippen molar-refractivity contribution < 1.29 is 19.1 Å². The van der Waals surface area contributed by atoms with Crippen LogP contribution in [0.15, 0.2) is 42.5 Å². The van der Waals surface area contributed by atoms with Crippen LogP contribution in [-0.4, -0.2) is 34.3 Å². The minimum Gasteiger partial charge on any atom is -0.461 e. The van der Waals surface area contributed by atoms with Crippen molar-refractivity contribution in [3.05, 3.63) is 65.0 Å². The van der Waals surface area contributed by atoms with Crippen molar-refractivity contribution in [2.75, 3.05) is 6.61 Å². The molecule has 0 bridgehead atoms. The fraction of sp³-hybridized carbons (Fsp3) is 0.222. The van der Waals surface area contributed by atoms with Gasteiger partial charge in [-0.25, -0.2) is 9.78 Å². The number of amides is 2. The summed E-state index contributed by atoms with van der Waals surface area (Å²) in [5.41, 5.74) is 1.37. The quantitative estimate of drug-likeness (QED) is 0.638. The molecule has 2 amide bonds. The molecule has 122 valence electrons. The summed E-state index contributed by atoms with van der Waals surface area (Å²) in [7, 11) is 0. The minimum absolute atomic E-state index is 0.151. The molecular formula is C18H16N2O4. The van der Waals surface area contributed by atoms with E-state index in [0.29, 0.717) is 16.8 Å². The number of benzene rings is 1. The predicted molar refractivity (Wildman–Crippen MR) is 85.6 cm³/mol. The van der Waals surface area contributed by atoms with E-state index in [9.17, 15) is 14.4 Å². The first kappa shape index (κ1) is 15.9. The molecule has 1 atom stereocenters. The Hall–Kier alpha value is -3.02. The molecule has 3 rings (SSSR count). The largest absolute Gasteiger partial charge is 0.461 e. The van der Waals surface area contributed by atoms with Gasteiger partial charge in [-0.15, -0.1) is 0 Å². The molecular weight excluding hydrogens is 308 g/mol. The highest BCUT2D eigenvalue weighted by Crippen LogP contribution is 2.30. The number of carbonyl (C=O) groups excluding carboxylic acids is 3. The van der Waals surface area contributed by atoms with E-state index in [0.717, 1.165) is 0 Å². The van der Waals surface area contributed by atoms with Gasteiger partial charge in [-0.1, -0.05) is 18.2 Å². The molecule has 6 nitrogen and oxygen atoms in total. The lowest BCUT2D eigenvalue weighted by Crippen LogP contribution is -2.33. The topological polar surface area (TPSA) is 76.6 Å². The number of nitrogens with zero attached hydrogens (tertiary/aromatic N) is 2. The summed E-state index contributed by atoms with van der Waals surface area (Å²) in [5, 5.41) is 0. The van der Waals surface area contributed by atoms with E-state index in [1.54, 1.807) is 50.2 Å². The predicted octanol–water partition coefficient (Wildman–Crippen LogP) is 2.62. The van der Waals surface area contributed by atoms with Crippen molar-refractivity contribution in [1.29, 1.82) is 0 Å². The molecule has 0 N–H and O–H groups in total. The molecule has 2 aromatic rings. The maximum Gasteiger partial charge on any atom is 0.356 e. The molecule has 1 aromatic heterocycles. The lowest BCUT2D eigenvalue weighted by Gasteiger charge is -2.22. The van der Waals surface area contributed by atoms with E-state index in [-0.39, 0.29) is 24.1 Å². The van der Waals surface area contributed by atoms with Gasteiger partial charge in [0.05, 0.1) is 29.5 Å². The van der Waals surface area contributed by atoms with Gasteiger partial charge in [0.1, 0.15) is 5.69 Å². The van der Waals surface area contributed by atoms with Crippen LogP contribution >= 0.6 is 0 Å². The Morgan fingerprint density at radius 3 is 2.29 bits per heavy atom. The molecule has 2 heterocycles. The molecule has 24 heavy (non-hydrogen) atoms. The number of imide groups is 1. The van der Waals surface area contributed by atoms with Gasteiger partial charge in [-0.05, 0) is 38.1 Å². The maximum absolute atomic E-state index is 12.5. The fourth-order valence-electron chi connectivity index (χ4n) is 2.69. The summed E-state index contributed by atoms with van der Waals surface area (Å²) in [6.45, 7) is 3.67. The summed E-state index contributed by atoms with van der Waals surface area (Å²) in [6, 6.07) is 11.0. The van der Waals surface area contributed by atoms with Gasteiger partial charge in [0.2, 0.25) is 0 Å². The third-order valence-electron chi connectivity index (χ3n) is 3.90. The number of fused-ring (bicyclic) bond motifs is 1. The minimum atomic E-state index is -0.591. The Morgan fingerprint density at radius 1 is 1.08 bits per heavy atom. The molecule has 0 aliphatic carbocycles. The van der Waals surface area contributed by atoms with Crippen LogP contribution in [0.25, 0.3) is 0 Å². The Morgan fingerprint density at radius 2 is 1.71 bits per heavy atom. The third kappa shape index (κ3) is 2.56. The van der Waals surface area contributed by atoms with Crippen LogP contribution in [0.4, 0.5) is 0 Å². The number of carbonyl (C=O) groups is 3. The normalized spacial score (nSPS) is 14.5. The van der Waals surface area contributed by atoms with Gasteiger partial charge in [-0.2, -0.15) is 0 Å². The highest BCUT2D eigenvalue weighted by atomic mass is 16.5.